The third kappa shape index (κ3) is 3.46. The first-order valence-electron chi connectivity index (χ1n) is 7.48. The van der Waals surface area contributed by atoms with Gasteiger partial charge >= 0.3 is 5.97 Å². The number of carbonyl (C=O) groups excluding carboxylic acids is 1. The highest BCUT2D eigenvalue weighted by atomic mass is 35.5. The Morgan fingerprint density at radius 1 is 1.21 bits per heavy atom. The molecule has 0 bridgehead atoms. The van der Waals surface area contributed by atoms with Gasteiger partial charge in [0.25, 0.3) is 0 Å². The second-order valence-corrected chi connectivity index (χ2v) is 5.85. The number of halogens is 1. The number of esters is 1. The summed E-state index contributed by atoms with van der Waals surface area (Å²) < 4.78 is 5.17. The molecule has 0 saturated heterocycles. The fraction of sp³-hybridized carbons (Fsp3) is 0.167. The molecule has 0 aliphatic carbocycles. The second-order valence-electron chi connectivity index (χ2n) is 5.42. The largest absolute Gasteiger partial charge is 0.462 e. The molecule has 3 aromatic rings. The third-order valence-electron chi connectivity index (χ3n) is 3.50. The zero-order chi connectivity index (χ0) is 17.1. The van der Waals surface area contributed by atoms with Gasteiger partial charge in [0, 0.05) is 17.0 Å². The molecule has 0 atom stereocenters. The summed E-state index contributed by atoms with van der Waals surface area (Å²) in [5.74, 6) is -0.384. The summed E-state index contributed by atoms with van der Waals surface area (Å²) in [5.41, 5.74) is 3.71. The number of fused-ring (bicyclic) bond motifs is 1. The van der Waals surface area contributed by atoms with Gasteiger partial charge in [-0.1, -0.05) is 36.4 Å². The zero-order valence-electron chi connectivity index (χ0n) is 13.2. The van der Waals surface area contributed by atoms with Crippen LogP contribution in [0.5, 0.6) is 0 Å². The summed E-state index contributed by atoms with van der Waals surface area (Å²) in [6, 6.07) is 13.1. The maximum absolute atomic E-state index is 11.5. The quantitative estimate of drug-likeness (QED) is 0.524. The number of benzene rings is 2. The minimum Gasteiger partial charge on any atom is -0.462 e. The van der Waals surface area contributed by atoms with E-state index in [2.05, 4.69) is 16.8 Å². The fourth-order valence-electron chi connectivity index (χ4n) is 2.29. The monoisotopic (exact) mass is 341 g/mol. The zero-order valence-corrected chi connectivity index (χ0v) is 14.0. The molecule has 0 amide bonds. The average Bonchev–Trinajstić information content (AvgIpc) is 2.98. The molecule has 122 valence electrons. The highest BCUT2D eigenvalue weighted by Gasteiger charge is 2.10. The van der Waals surface area contributed by atoms with E-state index in [4.69, 9.17) is 16.3 Å². The summed E-state index contributed by atoms with van der Waals surface area (Å²) in [6.07, 6.45) is 0.563. The summed E-state index contributed by atoms with van der Waals surface area (Å²) in [6.45, 7) is 5.47. The van der Waals surface area contributed by atoms with Gasteiger partial charge in [-0.15, -0.1) is 10.2 Å². The van der Waals surface area contributed by atoms with Gasteiger partial charge in [-0.3, -0.25) is 0 Å². The number of hydrogen-bond acceptors (Lipinski definition) is 4. The van der Waals surface area contributed by atoms with E-state index < -0.39 is 0 Å². The van der Waals surface area contributed by atoms with E-state index in [0.29, 0.717) is 17.0 Å². The molecule has 0 saturated carbocycles. The first kappa shape index (κ1) is 16.2. The minimum atomic E-state index is -0.384. The van der Waals surface area contributed by atoms with Gasteiger partial charge in [-0.25, -0.2) is 4.79 Å². The van der Waals surface area contributed by atoms with Crippen molar-refractivity contribution in [2.45, 2.75) is 13.3 Å². The Morgan fingerprint density at radius 3 is 2.75 bits per heavy atom. The van der Waals surface area contributed by atoms with Crippen molar-refractivity contribution in [3.63, 3.8) is 0 Å². The van der Waals surface area contributed by atoms with Crippen molar-refractivity contribution in [2.75, 3.05) is 6.61 Å². The molecule has 2 aromatic carbocycles. The molecule has 3 rings (SSSR count). The molecule has 5 nitrogen and oxygen atoms in total. The molecule has 0 unspecified atom stereocenters. The number of nitrogens with zero attached hydrogens (tertiary/aromatic N) is 3. The standard InChI is InChI=1S/C18H16ClN3O2/c1-12(2)18(23)24-10-9-13-5-3-4-6-17(13)22-20-15-8-7-14(19)11-16(15)21-22/h3-8,11H,1,9-10H2,2H3. The molecule has 0 spiro atoms. The summed E-state index contributed by atoms with van der Waals surface area (Å²) in [7, 11) is 0. The SMILES string of the molecule is C=C(C)C(=O)OCCc1ccccc1-n1nc2ccc(Cl)cc2n1. The van der Waals surface area contributed by atoms with Crippen LogP contribution in [0.4, 0.5) is 0 Å². The van der Waals surface area contributed by atoms with Crippen molar-refractivity contribution >= 4 is 28.6 Å². The number of para-hydroxylation sites is 1. The lowest BCUT2D eigenvalue weighted by Gasteiger charge is -2.09. The molecular formula is C18H16ClN3O2. The Balaban J connectivity index is 1.85. The highest BCUT2D eigenvalue weighted by molar-refractivity contribution is 6.31. The molecule has 0 aliphatic heterocycles. The van der Waals surface area contributed by atoms with Crippen LogP contribution < -0.4 is 0 Å². The molecule has 1 heterocycles. The van der Waals surface area contributed by atoms with Crippen LogP contribution in [-0.2, 0) is 16.0 Å². The van der Waals surface area contributed by atoms with Crippen molar-refractivity contribution < 1.29 is 9.53 Å². The lowest BCUT2D eigenvalue weighted by molar-refractivity contribution is -0.138. The highest BCUT2D eigenvalue weighted by Crippen LogP contribution is 2.19. The first-order chi connectivity index (χ1) is 11.5. The molecule has 0 fully saturated rings. The Bertz CT molecular complexity index is 918. The molecule has 24 heavy (non-hydrogen) atoms. The van der Waals surface area contributed by atoms with E-state index in [1.807, 2.05) is 30.3 Å². The Hall–Kier alpha value is -2.66. The van der Waals surface area contributed by atoms with Gasteiger partial charge in [0.05, 0.1) is 12.3 Å². The fourth-order valence-corrected chi connectivity index (χ4v) is 2.46. The van der Waals surface area contributed by atoms with Gasteiger partial charge in [0.2, 0.25) is 0 Å². The van der Waals surface area contributed by atoms with Crippen LogP contribution in [0.15, 0.2) is 54.6 Å². The van der Waals surface area contributed by atoms with E-state index in [1.165, 1.54) is 0 Å². The number of aromatic nitrogens is 3. The van der Waals surface area contributed by atoms with Gasteiger partial charge < -0.3 is 4.74 Å². The van der Waals surface area contributed by atoms with Crippen LogP contribution in [0.3, 0.4) is 0 Å². The van der Waals surface area contributed by atoms with E-state index in [0.717, 1.165) is 22.3 Å². The first-order valence-corrected chi connectivity index (χ1v) is 7.86. The number of hydrogen-bond donors (Lipinski definition) is 0. The van der Waals surface area contributed by atoms with E-state index >= 15 is 0 Å². The predicted molar refractivity (Wildman–Crippen MR) is 93.4 cm³/mol. The number of rotatable bonds is 5. The third-order valence-corrected chi connectivity index (χ3v) is 3.74. The van der Waals surface area contributed by atoms with Crippen molar-refractivity contribution in [3.05, 3.63) is 65.2 Å². The molecule has 0 aliphatic rings. The minimum absolute atomic E-state index is 0.273. The Kier molecular flexibility index (Phi) is 4.62. The van der Waals surface area contributed by atoms with E-state index in [-0.39, 0.29) is 12.6 Å². The number of ether oxygens (including phenoxy) is 1. The maximum Gasteiger partial charge on any atom is 0.333 e. The van der Waals surface area contributed by atoms with Crippen LogP contribution in [0.1, 0.15) is 12.5 Å². The van der Waals surface area contributed by atoms with Crippen LogP contribution >= 0.6 is 11.6 Å². The molecular weight excluding hydrogens is 326 g/mol. The van der Waals surface area contributed by atoms with Crippen LogP contribution in [0, 0.1) is 0 Å². The maximum atomic E-state index is 11.5. The lowest BCUT2D eigenvalue weighted by Crippen LogP contribution is -2.10. The van der Waals surface area contributed by atoms with E-state index in [9.17, 15) is 4.79 Å². The molecule has 0 N–H and O–H groups in total. The van der Waals surface area contributed by atoms with Crippen molar-refractivity contribution in [1.29, 1.82) is 0 Å². The lowest BCUT2D eigenvalue weighted by atomic mass is 10.1. The smallest absolute Gasteiger partial charge is 0.333 e. The Labute approximate surface area is 144 Å². The normalized spacial score (nSPS) is 10.8. The predicted octanol–water partition coefficient (Wildman–Crippen LogP) is 3.74. The molecule has 1 aromatic heterocycles. The topological polar surface area (TPSA) is 57.0 Å². The van der Waals surface area contributed by atoms with Gasteiger partial charge in [0.15, 0.2) is 0 Å². The average molecular weight is 342 g/mol. The molecule has 6 heteroatoms. The van der Waals surface area contributed by atoms with Gasteiger partial charge in [-0.05, 0) is 36.8 Å². The van der Waals surface area contributed by atoms with Crippen LogP contribution in [0.25, 0.3) is 16.7 Å². The summed E-state index contributed by atoms with van der Waals surface area (Å²) in [5, 5.41) is 9.58. The van der Waals surface area contributed by atoms with Gasteiger partial charge in [0.1, 0.15) is 11.0 Å². The molecule has 0 radical (unpaired) electrons. The summed E-state index contributed by atoms with van der Waals surface area (Å²) >= 11 is 6.00. The Morgan fingerprint density at radius 2 is 1.96 bits per heavy atom. The van der Waals surface area contributed by atoms with Crippen molar-refractivity contribution in [2.24, 2.45) is 0 Å². The number of carbonyl (C=O) groups is 1. The van der Waals surface area contributed by atoms with Crippen LogP contribution in [-0.4, -0.2) is 27.6 Å². The van der Waals surface area contributed by atoms with Gasteiger partial charge in [-0.2, -0.15) is 4.80 Å². The second kappa shape index (κ2) is 6.84. The summed E-state index contributed by atoms with van der Waals surface area (Å²) in [4.78, 5) is 13.1. The van der Waals surface area contributed by atoms with Crippen molar-refractivity contribution in [3.8, 4) is 5.69 Å². The van der Waals surface area contributed by atoms with Crippen molar-refractivity contribution in [1.82, 2.24) is 15.0 Å². The van der Waals surface area contributed by atoms with E-state index in [1.54, 1.807) is 23.9 Å². The van der Waals surface area contributed by atoms with Crippen LogP contribution in [0.2, 0.25) is 5.02 Å².